The summed E-state index contributed by atoms with van der Waals surface area (Å²) in [4.78, 5) is 36.0. The van der Waals surface area contributed by atoms with Crippen LogP contribution in [-0.4, -0.2) is 30.9 Å². The lowest BCUT2D eigenvalue weighted by molar-refractivity contribution is -0.146. The van der Waals surface area contributed by atoms with Crippen LogP contribution < -0.4 is 10.6 Å². The van der Waals surface area contributed by atoms with Crippen molar-refractivity contribution in [2.75, 3.05) is 18.5 Å². The zero-order chi connectivity index (χ0) is 24.7. The molecule has 3 rings (SSSR count). The van der Waals surface area contributed by atoms with E-state index < -0.39 is 48.4 Å². The molecule has 34 heavy (non-hydrogen) atoms. The van der Waals surface area contributed by atoms with Crippen LogP contribution in [0.25, 0.3) is 11.1 Å². The van der Waals surface area contributed by atoms with Gasteiger partial charge in [-0.25, -0.2) is 0 Å². The van der Waals surface area contributed by atoms with Crippen LogP contribution in [0.3, 0.4) is 0 Å². The second-order valence-corrected chi connectivity index (χ2v) is 7.46. The fourth-order valence-corrected chi connectivity index (χ4v) is 3.11. The van der Waals surface area contributed by atoms with Crippen molar-refractivity contribution in [2.24, 2.45) is 0 Å². The predicted molar refractivity (Wildman–Crippen MR) is 120 cm³/mol. The van der Waals surface area contributed by atoms with E-state index in [9.17, 15) is 27.6 Å². The Balaban J connectivity index is 1.47. The summed E-state index contributed by atoms with van der Waals surface area (Å²) in [6.45, 7) is -1.36. The van der Waals surface area contributed by atoms with Crippen molar-refractivity contribution < 1.29 is 32.3 Å². The summed E-state index contributed by atoms with van der Waals surface area (Å²) in [6, 6.07) is 19.1. The molecule has 176 valence electrons. The Labute approximate surface area is 197 Å². The second-order valence-electron chi connectivity index (χ2n) is 7.02. The second kappa shape index (κ2) is 10.8. The average molecular weight is 491 g/mol. The number of alkyl halides is 3. The lowest BCUT2D eigenvalue weighted by Crippen LogP contribution is -2.32. The largest absolute Gasteiger partial charge is 0.454 e. The Morgan fingerprint density at radius 3 is 2.18 bits per heavy atom. The number of ether oxygens (including phenoxy) is 1. The van der Waals surface area contributed by atoms with E-state index in [1.165, 1.54) is 6.07 Å². The van der Waals surface area contributed by atoms with Gasteiger partial charge in [0.05, 0.1) is 11.3 Å². The van der Waals surface area contributed by atoms with Crippen molar-refractivity contribution in [3.05, 3.63) is 88.9 Å². The molecule has 0 fully saturated rings. The van der Waals surface area contributed by atoms with Gasteiger partial charge in [-0.15, -0.1) is 0 Å². The summed E-state index contributed by atoms with van der Waals surface area (Å²) >= 11 is 5.59. The van der Waals surface area contributed by atoms with Crippen LogP contribution in [0.2, 0.25) is 5.02 Å². The smallest absolute Gasteiger partial charge is 0.418 e. The highest BCUT2D eigenvalue weighted by atomic mass is 35.5. The first-order valence-corrected chi connectivity index (χ1v) is 10.3. The lowest BCUT2D eigenvalue weighted by atomic mass is 10.0. The van der Waals surface area contributed by atoms with Gasteiger partial charge in [-0.05, 0) is 41.5 Å². The number of amides is 2. The first kappa shape index (κ1) is 24.8. The molecule has 0 saturated heterocycles. The van der Waals surface area contributed by atoms with Crippen LogP contribution in [0, 0.1) is 0 Å². The van der Waals surface area contributed by atoms with Gasteiger partial charge in [-0.3, -0.25) is 14.4 Å². The monoisotopic (exact) mass is 490 g/mol. The number of nitrogens with one attached hydrogen (secondary N) is 2. The quantitative estimate of drug-likeness (QED) is 0.460. The SMILES string of the molecule is O=C(COC(=O)CNC(=O)c1ccc(-c2ccccc2)cc1)Nc1ccc(Cl)cc1C(F)(F)F. The first-order valence-electron chi connectivity index (χ1n) is 9.89. The third kappa shape index (κ3) is 6.82. The summed E-state index contributed by atoms with van der Waals surface area (Å²) in [6.07, 6.45) is -4.74. The van der Waals surface area contributed by atoms with Gasteiger partial charge >= 0.3 is 12.1 Å². The maximum absolute atomic E-state index is 13.1. The van der Waals surface area contributed by atoms with E-state index in [0.29, 0.717) is 11.6 Å². The molecule has 3 aromatic rings. The van der Waals surface area contributed by atoms with Crippen LogP contribution in [0.4, 0.5) is 18.9 Å². The van der Waals surface area contributed by atoms with Crippen molar-refractivity contribution in [3.63, 3.8) is 0 Å². The molecule has 0 bridgehead atoms. The third-order valence-electron chi connectivity index (χ3n) is 4.57. The van der Waals surface area contributed by atoms with Gasteiger partial charge in [0.25, 0.3) is 11.8 Å². The zero-order valence-electron chi connectivity index (χ0n) is 17.5. The van der Waals surface area contributed by atoms with E-state index in [2.05, 4.69) is 5.32 Å². The van der Waals surface area contributed by atoms with Gasteiger partial charge in [0.15, 0.2) is 6.61 Å². The molecule has 0 spiro atoms. The van der Waals surface area contributed by atoms with Crippen LogP contribution in [-0.2, 0) is 20.5 Å². The van der Waals surface area contributed by atoms with Gasteiger partial charge in [0.2, 0.25) is 0 Å². The van der Waals surface area contributed by atoms with Crippen molar-refractivity contribution in [1.29, 1.82) is 0 Å². The minimum atomic E-state index is -4.74. The minimum Gasteiger partial charge on any atom is -0.454 e. The Bertz CT molecular complexity index is 1180. The molecule has 0 aliphatic carbocycles. The molecular formula is C24H18ClF3N2O4. The fourth-order valence-electron chi connectivity index (χ4n) is 2.94. The van der Waals surface area contributed by atoms with E-state index >= 15 is 0 Å². The van der Waals surface area contributed by atoms with Crippen LogP contribution in [0.1, 0.15) is 15.9 Å². The lowest BCUT2D eigenvalue weighted by Gasteiger charge is -2.14. The molecule has 0 aliphatic heterocycles. The molecule has 0 heterocycles. The fraction of sp³-hybridized carbons (Fsp3) is 0.125. The molecule has 0 saturated carbocycles. The topological polar surface area (TPSA) is 84.5 Å². The van der Waals surface area contributed by atoms with Gasteiger partial charge < -0.3 is 15.4 Å². The normalized spacial score (nSPS) is 10.9. The highest BCUT2D eigenvalue weighted by Gasteiger charge is 2.34. The molecule has 0 unspecified atom stereocenters. The predicted octanol–water partition coefficient (Wildman–Crippen LogP) is 4.94. The molecule has 2 amide bonds. The van der Waals surface area contributed by atoms with Crippen LogP contribution in [0.15, 0.2) is 72.8 Å². The molecule has 10 heteroatoms. The third-order valence-corrected chi connectivity index (χ3v) is 4.81. The van der Waals surface area contributed by atoms with E-state index in [0.717, 1.165) is 17.2 Å². The van der Waals surface area contributed by atoms with Crippen molar-refractivity contribution in [1.82, 2.24) is 5.32 Å². The Hall–Kier alpha value is -3.85. The summed E-state index contributed by atoms with van der Waals surface area (Å²) < 4.78 is 44.0. The number of hydrogen-bond donors (Lipinski definition) is 2. The number of benzene rings is 3. The van der Waals surface area contributed by atoms with E-state index in [1.54, 1.807) is 24.3 Å². The standard InChI is InChI=1S/C24H18ClF3N2O4/c25-18-10-11-20(19(12-18)24(26,27)28)30-21(31)14-34-22(32)13-29-23(33)17-8-6-16(7-9-17)15-4-2-1-3-5-15/h1-12H,13-14H2,(H,29,33)(H,30,31). The number of carbonyl (C=O) groups excluding carboxylic acids is 3. The molecular weight excluding hydrogens is 473 g/mol. The van der Waals surface area contributed by atoms with Gasteiger partial charge in [0, 0.05) is 10.6 Å². The van der Waals surface area contributed by atoms with Crippen LogP contribution >= 0.6 is 11.6 Å². The summed E-state index contributed by atoms with van der Waals surface area (Å²) in [5.41, 5.74) is 0.553. The minimum absolute atomic E-state index is 0.151. The highest BCUT2D eigenvalue weighted by Crippen LogP contribution is 2.36. The van der Waals surface area contributed by atoms with E-state index in [-0.39, 0.29) is 5.02 Å². The summed E-state index contributed by atoms with van der Waals surface area (Å²) in [5, 5.41) is 4.23. The number of hydrogen-bond acceptors (Lipinski definition) is 4. The number of halogens is 4. The molecule has 6 nitrogen and oxygen atoms in total. The van der Waals surface area contributed by atoms with E-state index in [1.807, 2.05) is 35.6 Å². The van der Waals surface area contributed by atoms with Gasteiger partial charge in [0.1, 0.15) is 6.54 Å². The number of carbonyl (C=O) groups is 3. The van der Waals surface area contributed by atoms with Crippen molar-refractivity contribution >= 4 is 35.1 Å². The molecule has 0 aromatic heterocycles. The first-order chi connectivity index (χ1) is 16.1. The van der Waals surface area contributed by atoms with Gasteiger partial charge in [-0.2, -0.15) is 13.2 Å². The molecule has 0 aliphatic rings. The highest BCUT2D eigenvalue weighted by molar-refractivity contribution is 6.30. The van der Waals surface area contributed by atoms with Crippen LogP contribution in [0.5, 0.6) is 0 Å². The summed E-state index contributed by atoms with van der Waals surface area (Å²) in [5.74, 6) is -2.45. The number of rotatable bonds is 7. The molecule has 0 radical (unpaired) electrons. The maximum atomic E-state index is 13.1. The number of esters is 1. The van der Waals surface area contributed by atoms with Crippen molar-refractivity contribution in [2.45, 2.75) is 6.18 Å². The van der Waals surface area contributed by atoms with Gasteiger partial charge in [-0.1, -0.05) is 54.1 Å². The number of anilines is 1. The van der Waals surface area contributed by atoms with Crippen molar-refractivity contribution in [3.8, 4) is 11.1 Å². The average Bonchev–Trinajstić information content (AvgIpc) is 2.82. The maximum Gasteiger partial charge on any atom is 0.418 e. The summed E-state index contributed by atoms with van der Waals surface area (Å²) in [7, 11) is 0. The Morgan fingerprint density at radius 1 is 0.882 bits per heavy atom. The molecule has 3 aromatic carbocycles. The Kier molecular flexibility index (Phi) is 7.91. The zero-order valence-corrected chi connectivity index (χ0v) is 18.2. The Morgan fingerprint density at radius 2 is 1.53 bits per heavy atom. The molecule has 2 N–H and O–H groups in total. The molecule has 0 atom stereocenters. The van der Waals surface area contributed by atoms with E-state index in [4.69, 9.17) is 16.3 Å².